The smallest absolute Gasteiger partial charge is 0.369 e. The lowest BCUT2D eigenvalue weighted by atomic mass is 10.2. The van der Waals surface area contributed by atoms with Crippen molar-refractivity contribution < 1.29 is 25.8 Å². The fourth-order valence-electron chi connectivity index (χ4n) is 3.66. The molecule has 1 saturated heterocycles. The van der Waals surface area contributed by atoms with E-state index in [0.717, 1.165) is 12.1 Å². The largest absolute Gasteiger partial charge is 0.523 e. The Balaban J connectivity index is 1.57. The van der Waals surface area contributed by atoms with Crippen LogP contribution in [0.15, 0.2) is 29.2 Å². The number of alkyl halides is 3. The van der Waals surface area contributed by atoms with E-state index in [-0.39, 0.29) is 11.4 Å². The molecule has 0 saturated carbocycles. The van der Waals surface area contributed by atoms with E-state index in [1.54, 1.807) is 0 Å². The molecule has 1 N–H and O–H groups in total. The Morgan fingerprint density at radius 2 is 1.79 bits per heavy atom. The van der Waals surface area contributed by atoms with E-state index >= 15 is 0 Å². The van der Waals surface area contributed by atoms with Crippen LogP contribution >= 0.6 is 23.4 Å². The highest BCUT2D eigenvalue weighted by Crippen LogP contribution is 2.45. The Kier molecular flexibility index (Phi) is 7.36. The van der Waals surface area contributed by atoms with Gasteiger partial charge >= 0.3 is 15.6 Å². The summed E-state index contributed by atoms with van der Waals surface area (Å²) in [6.45, 7) is 5.08. The monoisotopic (exact) mass is 537 g/mol. The van der Waals surface area contributed by atoms with Gasteiger partial charge in [0.25, 0.3) is 0 Å². The van der Waals surface area contributed by atoms with Gasteiger partial charge in [-0.05, 0) is 30.7 Å². The van der Waals surface area contributed by atoms with Crippen LogP contribution in [-0.2, 0) is 14.3 Å². The molecule has 34 heavy (non-hydrogen) atoms. The van der Waals surface area contributed by atoms with Gasteiger partial charge in [0.15, 0.2) is 0 Å². The lowest BCUT2D eigenvalue weighted by Crippen LogP contribution is -2.47. The summed E-state index contributed by atoms with van der Waals surface area (Å²) in [7, 11) is -5.76. The first-order valence-electron chi connectivity index (χ1n) is 10.6. The minimum absolute atomic E-state index is 0.00603. The van der Waals surface area contributed by atoms with E-state index in [1.165, 1.54) is 11.8 Å². The molecule has 3 heterocycles. The van der Waals surface area contributed by atoms with Gasteiger partial charge < -0.3 is 15.1 Å². The molecule has 2 aromatic rings. The third-order valence-corrected chi connectivity index (χ3v) is 7.85. The summed E-state index contributed by atoms with van der Waals surface area (Å²) < 4.78 is 66.5. The molecular weight excluding hydrogens is 515 g/mol. The fraction of sp³-hybridized carbons (Fsp3) is 0.500. The molecule has 4 rings (SSSR count). The second-order valence-electron chi connectivity index (χ2n) is 7.76. The van der Waals surface area contributed by atoms with E-state index < -0.39 is 21.7 Å². The molecule has 1 unspecified atom stereocenters. The zero-order valence-corrected chi connectivity index (χ0v) is 20.6. The number of benzene rings is 1. The van der Waals surface area contributed by atoms with Crippen molar-refractivity contribution in [2.45, 2.75) is 29.9 Å². The number of fused-ring (bicyclic) bond motifs is 1. The predicted octanol–water partition coefficient (Wildman–Crippen LogP) is 4.29. The summed E-state index contributed by atoms with van der Waals surface area (Å²) >= 11 is 7.14. The van der Waals surface area contributed by atoms with Crippen LogP contribution in [0.5, 0.6) is 0 Å². The number of aromatic nitrogens is 2. The molecule has 0 amide bonds. The average Bonchev–Trinajstić information content (AvgIpc) is 3.19. The summed E-state index contributed by atoms with van der Waals surface area (Å²) in [6.07, 6.45) is -0.535. The van der Waals surface area contributed by atoms with Crippen LogP contribution in [0.1, 0.15) is 25.1 Å². The number of hydrogen-bond acceptors (Lipinski definition) is 9. The van der Waals surface area contributed by atoms with Gasteiger partial charge in [-0.2, -0.15) is 26.6 Å². The molecule has 0 spiro atoms. The van der Waals surface area contributed by atoms with Crippen LogP contribution in [0.2, 0.25) is 5.02 Å². The van der Waals surface area contributed by atoms with Crippen molar-refractivity contribution in [3.63, 3.8) is 0 Å². The van der Waals surface area contributed by atoms with Crippen molar-refractivity contribution in [2.24, 2.45) is 0 Å². The molecule has 1 aromatic carbocycles. The standard InChI is InChI=1S/C20H23ClF3N5O3S2/c1-2-7-25-18-17-16(15(12-33-17)32-34(30,31)20(22,23)24)26-19(27-18)29-10-8-28(9-11-29)14-5-3-13(21)4-6-14/h3-6,15H,2,7-12H2,1H3,(H,25,26,27). The summed E-state index contributed by atoms with van der Waals surface area (Å²) in [5.74, 6) is 0.796. The molecule has 2 aliphatic rings. The molecule has 0 bridgehead atoms. The number of hydrogen-bond donors (Lipinski definition) is 1. The minimum Gasteiger partial charge on any atom is -0.369 e. The average molecular weight is 538 g/mol. The summed E-state index contributed by atoms with van der Waals surface area (Å²) in [5.41, 5.74) is -4.31. The first kappa shape index (κ1) is 25.1. The van der Waals surface area contributed by atoms with Gasteiger partial charge in [-0.15, -0.1) is 11.8 Å². The molecule has 1 atom stereocenters. The highest BCUT2D eigenvalue weighted by atomic mass is 35.5. The van der Waals surface area contributed by atoms with Crippen molar-refractivity contribution in [3.8, 4) is 0 Å². The van der Waals surface area contributed by atoms with Crippen LogP contribution in [0, 0.1) is 0 Å². The van der Waals surface area contributed by atoms with Gasteiger partial charge in [0, 0.05) is 49.2 Å². The molecular formula is C20H23ClF3N5O3S2. The van der Waals surface area contributed by atoms with Crippen LogP contribution in [0.3, 0.4) is 0 Å². The molecule has 1 fully saturated rings. The van der Waals surface area contributed by atoms with E-state index in [4.69, 9.17) is 11.6 Å². The second-order valence-corrected chi connectivity index (χ2v) is 10.8. The Morgan fingerprint density at radius 1 is 1.15 bits per heavy atom. The van der Waals surface area contributed by atoms with E-state index in [9.17, 15) is 21.6 Å². The maximum absolute atomic E-state index is 12.9. The van der Waals surface area contributed by atoms with Crippen LogP contribution < -0.4 is 15.1 Å². The minimum atomic E-state index is -5.76. The molecule has 14 heteroatoms. The van der Waals surface area contributed by atoms with Crippen LogP contribution in [0.4, 0.5) is 30.6 Å². The number of nitrogens with zero attached hydrogens (tertiary/aromatic N) is 4. The summed E-state index contributed by atoms with van der Waals surface area (Å²) in [6, 6.07) is 7.53. The lowest BCUT2D eigenvalue weighted by Gasteiger charge is -2.36. The normalized spacial score (nSPS) is 18.8. The lowest BCUT2D eigenvalue weighted by molar-refractivity contribution is -0.0568. The topological polar surface area (TPSA) is 87.7 Å². The summed E-state index contributed by atoms with van der Waals surface area (Å²) in [4.78, 5) is 13.7. The highest BCUT2D eigenvalue weighted by Gasteiger charge is 2.50. The molecule has 2 aliphatic heterocycles. The van der Waals surface area contributed by atoms with Gasteiger partial charge in [0.05, 0.1) is 10.6 Å². The number of rotatable bonds is 7. The zero-order valence-electron chi connectivity index (χ0n) is 18.2. The first-order chi connectivity index (χ1) is 16.1. The predicted molar refractivity (Wildman–Crippen MR) is 126 cm³/mol. The Labute approximate surface area is 205 Å². The summed E-state index contributed by atoms with van der Waals surface area (Å²) in [5, 5.41) is 3.83. The van der Waals surface area contributed by atoms with Gasteiger partial charge in [-0.25, -0.2) is 4.98 Å². The highest BCUT2D eigenvalue weighted by molar-refractivity contribution is 7.99. The Hall–Kier alpha value is -1.96. The van der Waals surface area contributed by atoms with Crippen molar-refractivity contribution >= 4 is 50.9 Å². The van der Waals surface area contributed by atoms with Crippen molar-refractivity contribution in [2.75, 3.05) is 53.6 Å². The molecule has 186 valence electrons. The molecule has 0 aliphatic carbocycles. The Morgan fingerprint density at radius 3 is 2.41 bits per heavy atom. The third kappa shape index (κ3) is 5.31. The van der Waals surface area contributed by atoms with E-state index in [2.05, 4.69) is 24.4 Å². The Bertz CT molecular complexity index is 1130. The third-order valence-electron chi connectivity index (χ3n) is 5.39. The maximum Gasteiger partial charge on any atom is 0.523 e. The first-order valence-corrected chi connectivity index (χ1v) is 13.4. The number of thioether (sulfide) groups is 1. The molecule has 1 aromatic heterocycles. The number of nitrogens with one attached hydrogen (secondary N) is 1. The van der Waals surface area contributed by atoms with Gasteiger partial charge in [0.2, 0.25) is 5.95 Å². The zero-order chi connectivity index (χ0) is 24.5. The van der Waals surface area contributed by atoms with Gasteiger partial charge in [-0.1, -0.05) is 18.5 Å². The van der Waals surface area contributed by atoms with Crippen molar-refractivity contribution in [3.05, 3.63) is 35.0 Å². The fourth-order valence-corrected chi connectivity index (χ4v) is 5.57. The maximum atomic E-state index is 12.9. The molecule has 8 nitrogen and oxygen atoms in total. The number of anilines is 3. The number of halogens is 4. The van der Waals surface area contributed by atoms with Crippen molar-refractivity contribution in [1.29, 1.82) is 0 Å². The van der Waals surface area contributed by atoms with Crippen molar-refractivity contribution in [1.82, 2.24) is 9.97 Å². The van der Waals surface area contributed by atoms with Gasteiger partial charge in [-0.3, -0.25) is 4.18 Å². The SMILES string of the molecule is CCCNc1nc(N2CCN(c3ccc(Cl)cc3)CC2)nc2c1SCC2OS(=O)(=O)C(F)(F)F. The number of piperazine rings is 1. The van der Waals surface area contributed by atoms with E-state index in [0.29, 0.717) is 54.4 Å². The molecule has 0 radical (unpaired) electrons. The van der Waals surface area contributed by atoms with Crippen LogP contribution in [-0.4, -0.2) is 62.4 Å². The van der Waals surface area contributed by atoms with Crippen LogP contribution in [0.25, 0.3) is 0 Å². The van der Waals surface area contributed by atoms with Gasteiger partial charge in [0.1, 0.15) is 11.9 Å². The second kappa shape index (κ2) is 9.96. The van der Waals surface area contributed by atoms with E-state index in [1.807, 2.05) is 36.1 Å². The quantitative estimate of drug-likeness (QED) is 0.410.